The molecule has 6 nitrogen and oxygen atoms in total. The predicted molar refractivity (Wildman–Crippen MR) is 100 cm³/mol. The molecule has 1 atom stereocenters. The van der Waals surface area contributed by atoms with Crippen molar-refractivity contribution in [2.24, 2.45) is 0 Å². The smallest absolute Gasteiger partial charge is 0.254 e. The van der Waals surface area contributed by atoms with Gasteiger partial charge < -0.3 is 19.3 Å². The Hall–Kier alpha value is -1.99. The van der Waals surface area contributed by atoms with Crippen LogP contribution in [0.4, 0.5) is 4.39 Å². The van der Waals surface area contributed by atoms with Crippen LogP contribution in [-0.4, -0.2) is 72.7 Å². The van der Waals surface area contributed by atoms with E-state index in [-0.39, 0.29) is 41.7 Å². The van der Waals surface area contributed by atoms with E-state index in [1.807, 2.05) is 9.80 Å². The molecule has 7 heteroatoms. The summed E-state index contributed by atoms with van der Waals surface area (Å²) in [5, 5.41) is 0. The Morgan fingerprint density at radius 1 is 1.29 bits per heavy atom. The quantitative estimate of drug-likeness (QED) is 0.736. The molecule has 0 N–H and O–H groups in total. The fourth-order valence-corrected chi connectivity index (χ4v) is 5.03. The average molecular weight is 390 g/mol. The van der Waals surface area contributed by atoms with E-state index in [0.29, 0.717) is 31.9 Å². The molecule has 1 spiro atoms. The lowest BCUT2D eigenvalue weighted by Gasteiger charge is -2.61. The van der Waals surface area contributed by atoms with Crippen LogP contribution in [0.15, 0.2) is 24.3 Å². The SMILES string of the molecule is COC1C(=O)N(C2CCN(C(=O)Cc3cccc(F)c3)CC2)C12CCOCC2. The third-order valence-electron chi connectivity index (χ3n) is 6.45. The van der Waals surface area contributed by atoms with Crippen LogP contribution < -0.4 is 0 Å². The van der Waals surface area contributed by atoms with Crippen LogP contribution >= 0.6 is 0 Å². The average Bonchev–Trinajstić information content (AvgIpc) is 2.69. The van der Waals surface area contributed by atoms with E-state index in [9.17, 15) is 14.0 Å². The summed E-state index contributed by atoms with van der Waals surface area (Å²) in [6, 6.07) is 6.31. The Labute approximate surface area is 164 Å². The Kier molecular flexibility index (Phi) is 5.38. The first-order valence-electron chi connectivity index (χ1n) is 10.0. The summed E-state index contributed by atoms with van der Waals surface area (Å²) >= 11 is 0. The highest BCUT2D eigenvalue weighted by Gasteiger charge is 2.62. The highest BCUT2D eigenvalue weighted by Crippen LogP contribution is 2.45. The molecule has 0 aromatic heterocycles. The van der Waals surface area contributed by atoms with E-state index < -0.39 is 0 Å². The van der Waals surface area contributed by atoms with E-state index in [1.54, 1.807) is 19.2 Å². The molecule has 152 valence electrons. The topological polar surface area (TPSA) is 59.1 Å². The number of ether oxygens (including phenoxy) is 2. The second kappa shape index (κ2) is 7.79. The number of benzene rings is 1. The lowest BCUT2D eigenvalue weighted by molar-refractivity contribution is -0.213. The molecule has 0 bridgehead atoms. The van der Waals surface area contributed by atoms with E-state index in [4.69, 9.17) is 9.47 Å². The van der Waals surface area contributed by atoms with Crippen LogP contribution in [0.1, 0.15) is 31.2 Å². The van der Waals surface area contributed by atoms with Gasteiger partial charge in [-0.2, -0.15) is 0 Å². The highest BCUT2D eigenvalue weighted by molar-refractivity contribution is 5.91. The Morgan fingerprint density at radius 3 is 2.64 bits per heavy atom. The van der Waals surface area contributed by atoms with E-state index >= 15 is 0 Å². The minimum absolute atomic E-state index is 0.00883. The number of carbonyl (C=O) groups is 2. The minimum atomic E-state index is -0.371. The number of halogens is 1. The molecule has 3 fully saturated rings. The number of carbonyl (C=O) groups excluding carboxylic acids is 2. The van der Waals surface area contributed by atoms with Crippen molar-refractivity contribution in [3.05, 3.63) is 35.6 Å². The summed E-state index contributed by atoms with van der Waals surface area (Å²) in [4.78, 5) is 29.1. The molecule has 1 aromatic carbocycles. The minimum Gasteiger partial charge on any atom is -0.381 e. The third kappa shape index (κ3) is 3.31. The number of likely N-dealkylation sites (tertiary alicyclic amines) is 2. The number of nitrogens with zero attached hydrogens (tertiary/aromatic N) is 2. The zero-order chi connectivity index (χ0) is 19.7. The summed E-state index contributed by atoms with van der Waals surface area (Å²) in [6.45, 7) is 2.53. The molecule has 1 aromatic rings. The Balaban J connectivity index is 1.37. The van der Waals surface area contributed by atoms with Crippen molar-refractivity contribution in [1.29, 1.82) is 0 Å². The van der Waals surface area contributed by atoms with Crippen LogP contribution in [-0.2, 0) is 25.5 Å². The third-order valence-corrected chi connectivity index (χ3v) is 6.45. The summed E-state index contributed by atoms with van der Waals surface area (Å²) in [6.07, 6.45) is 2.97. The number of piperidine rings is 1. The van der Waals surface area contributed by atoms with Crippen molar-refractivity contribution in [1.82, 2.24) is 9.80 Å². The van der Waals surface area contributed by atoms with Gasteiger partial charge in [-0.15, -0.1) is 0 Å². The van der Waals surface area contributed by atoms with E-state index in [0.717, 1.165) is 25.7 Å². The summed E-state index contributed by atoms with van der Waals surface area (Å²) in [5.41, 5.74) is 0.441. The monoisotopic (exact) mass is 390 g/mol. The van der Waals surface area contributed by atoms with E-state index in [2.05, 4.69) is 0 Å². The fourth-order valence-electron chi connectivity index (χ4n) is 5.03. The first-order valence-corrected chi connectivity index (χ1v) is 10.0. The van der Waals surface area contributed by atoms with Gasteiger partial charge in [0.15, 0.2) is 6.10 Å². The van der Waals surface area contributed by atoms with Gasteiger partial charge in [-0.1, -0.05) is 12.1 Å². The molecule has 3 aliphatic rings. The van der Waals surface area contributed by atoms with Gasteiger partial charge in [0.1, 0.15) is 5.82 Å². The second-order valence-corrected chi connectivity index (χ2v) is 7.96. The molecule has 2 amide bonds. The summed E-state index contributed by atoms with van der Waals surface area (Å²) < 4.78 is 24.3. The number of methoxy groups -OCH3 is 1. The van der Waals surface area contributed by atoms with Gasteiger partial charge in [-0.05, 0) is 43.4 Å². The summed E-state index contributed by atoms with van der Waals surface area (Å²) in [5.74, 6) is -0.252. The highest BCUT2D eigenvalue weighted by atomic mass is 19.1. The van der Waals surface area contributed by atoms with Crippen molar-refractivity contribution in [2.75, 3.05) is 33.4 Å². The number of β-lactam (4-membered cyclic amide) rings is 1. The molecule has 1 unspecified atom stereocenters. The van der Waals surface area contributed by atoms with Crippen LogP contribution in [0.2, 0.25) is 0 Å². The zero-order valence-corrected chi connectivity index (χ0v) is 16.2. The van der Waals surface area contributed by atoms with Crippen LogP contribution in [0.25, 0.3) is 0 Å². The number of amides is 2. The van der Waals surface area contributed by atoms with Gasteiger partial charge in [0.05, 0.1) is 12.0 Å². The van der Waals surface area contributed by atoms with Crippen LogP contribution in [0, 0.1) is 5.82 Å². The van der Waals surface area contributed by atoms with Gasteiger partial charge >= 0.3 is 0 Å². The lowest BCUT2D eigenvalue weighted by Crippen LogP contribution is -2.79. The van der Waals surface area contributed by atoms with Gasteiger partial charge in [0, 0.05) is 39.5 Å². The molecular formula is C21H27FN2O4. The molecule has 3 saturated heterocycles. The molecule has 0 radical (unpaired) electrons. The molecule has 3 aliphatic heterocycles. The van der Waals surface area contributed by atoms with Crippen molar-refractivity contribution < 1.29 is 23.5 Å². The maximum absolute atomic E-state index is 13.3. The van der Waals surface area contributed by atoms with Crippen LogP contribution in [0.3, 0.4) is 0 Å². The van der Waals surface area contributed by atoms with Crippen molar-refractivity contribution in [2.45, 2.75) is 49.8 Å². The number of hydrogen-bond acceptors (Lipinski definition) is 4. The van der Waals surface area contributed by atoms with Gasteiger partial charge in [0.2, 0.25) is 5.91 Å². The summed E-state index contributed by atoms with van der Waals surface area (Å²) in [7, 11) is 1.60. The second-order valence-electron chi connectivity index (χ2n) is 7.96. The Bertz CT molecular complexity index is 742. The van der Waals surface area contributed by atoms with Gasteiger partial charge in [0.25, 0.3) is 5.91 Å². The maximum Gasteiger partial charge on any atom is 0.254 e. The first-order chi connectivity index (χ1) is 13.5. The number of rotatable bonds is 4. The number of hydrogen-bond donors (Lipinski definition) is 0. The van der Waals surface area contributed by atoms with Crippen molar-refractivity contribution in [3.8, 4) is 0 Å². The molecule has 28 heavy (non-hydrogen) atoms. The van der Waals surface area contributed by atoms with Crippen molar-refractivity contribution in [3.63, 3.8) is 0 Å². The van der Waals surface area contributed by atoms with E-state index in [1.165, 1.54) is 12.1 Å². The molecule has 3 heterocycles. The van der Waals surface area contributed by atoms with Crippen molar-refractivity contribution >= 4 is 11.8 Å². The maximum atomic E-state index is 13.3. The van der Waals surface area contributed by atoms with Crippen LogP contribution in [0.5, 0.6) is 0 Å². The molecule has 0 aliphatic carbocycles. The normalized spacial score (nSPS) is 25.1. The van der Waals surface area contributed by atoms with Gasteiger partial charge in [-0.25, -0.2) is 4.39 Å². The molecule has 4 rings (SSSR count). The standard InChI is InChI=1S/C21H27FN2O4/c1-27-19-20(26)24(21(19)7-11-28-12-8-21)17-5-9-23(10-6-17)18(25)14-15-3-2-4-16(22)13-15/h2-4,13,17,19H,5-12,14H2,1H3. The fraction of sp³-hybridized carbons (Fsp3) is 0.619. The molecular weight excluding hydrogens is 363 g/mol. The first kappa shape index (κ1) is 19.3. The van der Waals surface area contributed by atoms with Gasteiger partial charge in [-0.3, -0.25) is 9.59 Å². The predicted octanol–water partition coefficient (Wildman–Crippen LogP) is 1.77. The largest absolute Gasteiger partial charge is 0.381 e. The zero-order valence-electron chi connectivity index (χ0n) is 16.2. The molecule has 0 saturated carbocycles. The lowest BCUT2D eigenvalue weighted by atomic mass is 9.72. The Morgan fingerprint density at radius 2 is 2.00 bits per heavy atom.